The molecule has 1 aromatic rings. The molecule has 1 aliphatic heterocycles. The number of likely N-dealkylation sites (N-methyl/N-ethyl adjacent to an activating group) is 1. The van der Waals surface area contributed by atoms with E-state index in [2.05, 4.69) is 12.1 Å². The second kappa shape index (κ2) is 7.02. The Balaban J connectivity index is 1.94. The first kappa shape index (κ1) is 17.3. The van der Waals surface area contributed by atoms with E-state index in [1.165, 1.54) is 5.56 Å². The molecule has 0 spiro atoms. The fraction of sp³-hybridized carbons (Fsp3) is 0.556. The van der Waals surface area contributed by atoms with Gasteiger partial charge in [-0.15, -0.1) is 0 Å². The molecule has 2 rings (SSSR count). The van der Waals surface area contributed by atoms with Gasteiger partial charge < -0.3 is 14.9 Å². The van der Waals surface area contributed by atoms with Crippen molar-refractivity contribution in [3.8, 4) is 0 Å². The van der Waals surface area contributed by atoms with Crippen molar-refractivity contribution in [1.29, 1.82) is 0 Å². The molecule has 1 aromatic carbocycles. The number of likely N-dealkylation sites (tertiary alicyclic amines) is 1. The Hall–Kier alpha value is -2.04. The summed E-state index contributed by atoms with van der Waals surface area (Å²) in [5.74, 6) is -0.758. The van der Waals surface area contributed by atoms with Crippen LogP contribution < -0.4 is 0 Å². The third-order valence-electron chi connectivity index (χ3n) is 4.56. The van der Waals surface area contributed by atoms with Crippen molar-refractivity contribution in [2.24, 2.45) is 5.92 Å². The van der Waals surface area contributed by atoms with E-state index in [9.17, 15) is 9.59 Å². The first-order valence-corrected chi connectivity index (χ1v) is 8.08. The number of amides is 2. The lowest BCUT2D eigenvalue weighted by molar-refractivity contribution is -0.138. The molecule has 0 saturated carbocycles. The highest BCUT2D eigenvalue weighted by molar-refractivity contribution is 5.76. The van der Waals surface area contributed by atoms with Crippen LogP contribution in [0.2, 0.25) is 0 Å². The van der Waals surface area contributed by atoms with Gasteiger partial charge in [-0.3, -0.25) is 4.79 Å². The summed E-state index contributed by atoms with van der Waals surface area (Å²) in [7, 11) is 1.81. The molecule has 23 heavy (non-hydrogen) atoms. The van der Waals surface area contributed by atoms with E-state index >= 15 is 0 Å². The summed E-state index contributed by atoms with van der Waals surface area (Å²) in [4.78, 5) is 27.2. The van der Waals surface area contributed by atoms with Crippen molar-refractivity contribution < 1.29 is 14.7 Å². The number of hydrogen-bond donors (Lipinski definition) is 1. The number of nitrogens with zero attached hydrogens (tertiary/aromatic N) is 2. The van der Waals surface area contributed by atoms with Crippen molar-refractivity contribution in [2.45, 2.75) is 38.6 Å². The van der Waals surface area contributed by atoms with E-state index < -0.39 is 5.97 Å². The third-order valence-corrected chi connectivity index (χ3v) is 4.56. The van der Waals surface area contributed by atoms with Crippen LogP contribution in [0.3, 0.4) is 0 Å². The van der Waals surface area contributed by atoms with Crippen LogP contribution in [-0.2, 0) is 11.2 Å². The van der Waals surface area contributed by atoms with Crippen molar-refractivity contribution in [1.82, 2.24) is 9.80 Å². The monoisotopic (exact) mass is 318 g/mol. The van der Waals surface area contributed by atoms with Gasteiger partial charge in [0.15, 0.2) is 0 Å². The van der Waals surface area contributed by atoms with Gasteiger partial charge in [0.25, 0.3) is 0 Å². The summed E-state index contributed by atoms with van der Waals surface area (Å²) in [6.45, 7) is 5.20. The number of rotatable bonds is 5. The first-order valence-electron chi connectivity index (χ1n) is 8.08. The van der Waals surface area contributed by atoms with Crippen LogP contribution in [0.1, 0.15) is 32.3 Å². The van der Waals surface area contributed by atoms with Crippen molar-refractivity contribution in [2.75, 3.05) is 20.1 Å². The predicted octanol–water partition coefficient (Wildman–Crippen LogP) is 2.86. The van der Waals surface area contributed by atoms with Gasteiger partial charge >= 0.3 is 12.0 Å². The molecule has 5 nitrogen and oxygen atoms in total. The number of carboxylic acids is 1. The zero-order chi connectivity index (χ0) is 17.0. The maximum Gasteiger partial charge on any atom is 0.320 e. The molecule has 1 saturated heterocycles. The summed E-state index contributed by atoms with van der Waals surface area (Å²) in [6, 6.07) is 10.1. The normalized spacial score (nSPS) is 19.6. The largest absolute Gasteiger partial charge is 0.481 e. The molecule has 126 valence electrons. The minimum absolute atomic E-state index is 0.0150. The minimum Gasteiger partial charge on any atom is -0.481 e. The molecule has 1 heterocycles. The van der Waals surface area contributed by atoms with E-state index in [1.807, 2.05) is 44.0 Å². The zero-order valence-corrected chi connectivity index (χ0v) is 14.2. The lowest BCUT2D eigenvalue weighted by atomic mass is 9.94. The fourth-order valence-corrected chi connectivity index (χ4v) is 3.35. The maximum atomic E-state index is 12.7. The van der Waals surface area contributed by atoms with Gasteiger partial charge in [0.05, 0.1) is 0 Å². The Morgan fingerprint density at radius 2 is 1.96 bits per heavy atom. The summed E-state index contributed by atoms with van der Waals surface area (Å²) in [6.07, 6.45) is 1.68. The Bertz CT molecular complexity index is 557. The van der Waals surface area contributed by atoms with Gasteiger partial charge in [0, 0.05) is 32.1 Å². The highest BCUT2D eigenvalue weighted by Gasteiger charge is 2.42. The van der Waals surface area contributed by atoms with E-state index in [0.717, 1.165) is 12.8 Å². The van der Waals surface area contributed by atoms with Crippen LogP contribution in [0, 0.1) is 5.92 Å². The molecule has 0 aliphatic carbocycles. The van der Waals surface area contributed by atoms with Crippen molar-refractivity contribution in [3.05, 3.63) is 35.9 Å². The Kier molecular flexibility index (Phi) is 5.29. The van der Waals surface area contributed by atoms with Crippen LogP contribution in [0.15, 0.2) is 30.3 Å². The van der Waals surface area contributed by atoms with Gasteiger partial charge in [-0.1, -0.05) is 30.3 Å². The average molecular weight is 318 g/mol. The number of carboxylic acid groups (broad SMARTS) is 1. The smallest absolute Gasteiger partial charge is 0.320 e. The second-order valence-electron chi connectivity index (χ2n) is 7.03. The second-order valence-corrected chi connectivity index (χ2v) is 7.03. The molecule has 1 N–H and O–H groups in total. The van der Waals surface area contributed by atoms with Crippen LogP contribution in [0.4, 0.5) is 4.79 Å². The van der Waals surface area contributed by atoms with E-state index in [0.29, 0.717) is 13.1 Å². The SMILES string of the molecule is CN(CCc1ccccc1)C(=O)N1CC(CC(=O)O)CC1(C)C. The molecule has 0 bridgehead atoms. The summed E-state index contributed by atoms with van der Waals surface area (Å²) in [5, 5.41) is 8.97. The molecule has 5 heteroatoms. The molecule has 1 aliphatic rings. The quantitative estimate of drug-likeness (QED) is 0.908. The molecular weight excluding hydrogens is 292 g/mol. The predicted molar refractivity (Wildman–Crippen MR) is 89.3 cm³/mol. The number of carbonyl (C=O) groups is 2. The zero-order valence-electron chi connectivity index (χ0n) is 14.2. The minimum atomic E-state index is -0.794. The topological polar surface area (TPSA) is 60.9 Å². The van der Waals surface area contributed by atoms with Gasteiger partial charge in [-0.25, -0.2) is 4.79 Å². The third kappa shape index (κ3) is 4.47. The molecular formula is C18H26N2O3. The van der Waals surface area contributed by atoms with Gasteiger partial charge in [0.2, 0.25) is 0 Å². The van der Waals surface area contributed by atoms with E-state index in [-0.39, 0.29) is 23.9 Å². The first-order chi connectivity index (χ1) is 10.8. The summed E-state index contributed by atoms with van der Waals surface area (Å²) in [5.41, 5.74) is 0.912. The highest BCUT2D eigenvalue weighted by atomic mass is 16.4. The standard InChI is InChI=1S/C18H26N2O3/c1-18(2)12-15(11-16(21)22)13-20(18)17(23)19(3)10-9-14-7-5-4-6-8-14/h4-8,15H,9-13H2,1-3H3,(H,21,22). The molecule has 2 amide bonds. The number of urea groups is 1. The van der Waals surface area contributed by atoms with Gasteiger partial charge in [0.1, 0.15) is 0 Å². The van der Waals surface area contributed by atoms with Crippen LogP contribution in [-0.4, -0.2) is 52.6 Å². The molecule has 1 unspecified atom stereocenters. The fourth-order valence-electron chi connectivity index (χ4n) is 3.35. The van der Waals surface area contributed by atoms with E-state index in [4.69, 9.17) is 5.11 Å². The van der Waals surface area contributed by atoms with Crippen molar-refractivity contribution >= 4 is 12.0 Å². The Labute approximate surface area is 137 Å². The van der Waals surface area contributed by atoms with Crippen LogP contribution >= 0.6 is 0 Å². The van der Waals surface area contributed by atoms with Crippen LogP contribution in [0.5, 0.6) is 0 Å². The number of hydrogen-bond acceptors (Lipinski definition) is 2. The van der Waals surface area contributed by atoms with Crippen molar-refractivity contribution in [3.63, 3.8) is 0 Å². The van der Waals surface area contributed by atoms with Crippen LogP contribution in [0.25, 0.3) is 0 Å². The maximum absolute atomic E-state index is 12.7. The van der Waals surface area contributed by atoms with Gasteiger partial charge in [-0.05, 0) is 38.2 Å². The summed E-state index contributed by atoms with van der Waals surface area (Å²) >= 11 is 0. The molecule has 0 radical (unpaired) electrons. The number of carbonyl (C=O) groups excluding carboxylic acids is 1. The van der Waals surface area contributed by atoms with E-state index in [1.54, 1.807) is 4.90 Å². The molecule has 0 aromatic heterocycles. The lowest BCUT2D eigenvalue weighted by Gasteiger charge is -2.34. The highest BCUT2D eigenvalue weighted by Crippen LogP contribution is 2.35. The Morgan fingerprint density at radius 3 is 2.57 bits per heavy atom. The number of benzene rings is 1. The average Bonchev–Trinajstić information content (AvgIpc) is 2.78. The molecule has 1 fully saturated rings. The lowest BCUT2D eigenvalue weighted by Crippen LogP contribution is -2.49. The summed E-state index contributed by atoms with van der Waals surface area (Å²) < 4.78 is 0. The Morgan fingerprint density at radius 1 is 1.30 bits per heavy atom. The number of aliphatic carboxylic acids is 1. The molecule has 1 atom stereocenters. The van der Waals surface area contributed by atoms with Gasteiger partial charge in [-0.2, -0.15) is 0 Å².